The van der Waals surface area contributed by atoms with Crippen LogP contribution in [0.25, 0.3) is 10.9 Å². The fourth-order valence-corrected chi connectivity index (χ4v) is 2.86. The number of nitrogens with two attached hydrogens (primary N) is 1. The summed E-state index contributed by atoms with van der Waals surface area (Å²) in [5.74, 6) is 0. The van der Waals surface area contributed by atoms with Gasteiger partial charge in [0.15, 0.2) is 0 Å². The van der Waals surface area contributed by atoms with Crippen molar-refractivity contribution < 1.29 is 0 Å². The van der Waals surface area contributed by atoms with E-state index in [9.17, 15) is 0 Å². The Hall–Kier alpha value is -1.77. The molecule has 3 aromatic rings. The molecule has 0 fully saturated rings. The van der Waals surface area contributed by atoms with E-state index in [0.717, 1.165) is 18.0 Å². The van der Waals surface area contributed by atoms with Gasteiger partial charge < -0.3 is 10.3 Å². The third kappa shape index (κ3) is 3.12. The maximum absolute atomic E-state index is 5.94. The minimum Gasteiger partial charge on any atom is -0.343 e. The largest absolute Gasteiger partial charge is 0.343 e. The molecule has 0 amide bonds. The first-order valence-electron chi connectivity index (χ1n) is 7.20. The van der Waals surface area contributed by atoms with Crippen LogP contribution < -0.4 is 5.73 Å². The summed E-state index contributed by atoms with van der Waals surface area (Å²) >= 11 is 5.94. The van der Waals surface area contributed by atoms with Crippen molar-refractivity contribution in [3.8, 4) is 0 Å². The van der Waals surface area contributed by atoms with Gasteiger partial charge in [-0.15, -0.1) is 0 Å². The average molecular weight is 299 g/mol. The lowest BCUT2D eigenvalue weighted by Crippen LogP contribution is -2.17. The minimum atomic E-state index is 0.176. The van der Waals surface area contributed by atoms with Crippen LogP contribution in [0.2, 0.25) is 5.02 Å². The molecule has 108 valence electrons. The molecule has 0 saturated heterocycles. The summed E-state index contributed by atoms with van der Waals surface area (Å²) in [5.41, 5.74) is 9.76. The average Bonchev–Trinajstić information content (AvgIpc) is 2.85. The first-order valence-corrected chi connectivity index (χ1v) is 7.58. The van der Waals surface area contributed by atoms with Crippen LogP contribution in [0.15, 0.2) is 54.7 Å². The van der Waals surface area contributed by atoms with E-state index in [2.05, 4.69) is 47.2 Å². The molecule has 1 atom stereocenters. The number of benzene rings is 2. The molecule has 0 radical (unpaired) electrons. The highest BCUT2D eigenvalue weighted by atomic mass is 35.5. The van der Waals surface area contributed by atoms with Crippen molar-refractivity contribution in [1.82, 2.24) is 4.57 Å². The Morgan fingerprint density at radius 3 is 2.57 bits per heavy atom. The number of nitrogens with zero attached hydrogens (tertiary/aromatic N) is 1. The zero-order valence-corrected chi connectivity index (χ0v) is 12.8. The molecule has 2 nitrogen and oxygen atoms in total. The van der Waals surface area contributed by atoms with Gasteiger partial charge in [0.05, 0.1) is 0 Å². The van der Waals surface area contributed by atoms with Gasteiger partial charge in [-0.2, -0.15) is 0 Å². The standard InChI is InChI=1S/C18H19ClN2/c1-13(20)11-15-3-2-4-18-17(15)9-10-21(18)12-14-5-7-16(19)8-6-14/h2-10,13H,11-12,20H2,1H3. The van der Waals surface area contributed by atoms with Gasteiger partial charge in [-0.1, -0.05) is 35.9 Å². The van der Waals surface area contributed by atoms with Crippen LogP contribution in [0, 0.1) is 0 Å². The zero-order valence-electron chi connectivity index (χ0n) is 12.1. The number of fused-ring (bicyclic) bond motifs is 1. The van der Waals surface area contributed by atoms with Gasteiger partial charge >= 0.3 is 0 Å². The Bertz CT molecular complexity index is 742. The Morgan fingerprint density at radius 1 is 1.10 bits per heavy atom. The second-order valence-electron chi connectivity index (χ2n) is 5.60. The second-order valence-corrected chi connectivity index (χ2v) is 6.04. The summed E-state index contributed by atoms with van der Waals surface area (Å²) < 4.78 is 2.27. The van der Waals surface area contributed by atoms with Crippen molar-refractivity contribution >= 4 is 22.5 Å². The third-order valence-electron chi connectivity index (χ3n) is 3.71. The molecule has 21 heavy (non-hydrogen) atoms. The van der Waals surface area contributed by atoms with Crippen molar-refractivity contribution in [3.63, 3.8) is 0 Å². The molecule has 0 saturated carbocycles. The summed E-state index contributed by atoms with van der Waals surface area (Å²) in [5, 5.41) is 2.07. The maximum Gasteiger partial charge on any atom is 0.0486 e. The first kappa shape index (κ1) is 14.2. The minimum absolute atomic E-state index is 0.176. The Labute approximate surface area is 130 Å². The topological polar surface area (TPSA) is 30.9 Å². The monoisotopic (exact) mass is 298 g/mol. The first-order chi connectivity index (χ1) is 10.1. The van der Waals surface area contributed by atoms with Gasteiger partial charge in [0.1, 0.15) is 0 Å². The Morgan fingerprint density at radius 2 is 1.86 bits per heavy atom. The molecule has 0 aliphatic heterocycles. The normalized spacial score (nSPS) is 12.7. The highest BCUT2D eigenvalue weighted by Crippen LogP contribution is 2.22. The molecule has 3 rings (SSSR count). The highest BCUT2D eigenvalue weighted by Gasteiger charge is 2.07. The molecule has 2 aromatic carbocycles. The molecule has 0 spiro atoms. The lowest BCUT2D eigenvalue weighted by Gasteiger charge is -2.09. The second kappa shape index (κ2) is 5.92. The molecule has 0 aliphatic carbocycles. The zero-order chi connectivity index (χ0) is 14.8. The molecule has 2 N–H and O–H groups in total. The summed E-state index contributed by atoms with van der Waals surface area (Å²) in [6.07, 6.45) is 3.05. The van der Waals surface area contributed by atoms with Crippen molar-refractivity contribution in [2.24, 2.45) is 5.73 Å². The molecular formula is C18H19ClN2. The van der Waals surface area contributed by atoms with E-state index < -0.39 is 0 Å². The van der Waals surface area contributed by atoms with Gasteiger partial charge in [-0.05, 0) is 48.7 Å². The molecule has 1 heterocycles. The molecule has 0 aliphatic rings. The van der Waals surface area contributed by atoms with Gasteiger partial charge in [0.25, 0.3) is 0 Å². The molecule has 1 unspecified atom stereocenters. The van der Waals surface area contributed by atoms with E-state index in [1.807, 2.05) is 19.1 Å². The number of hydrogen-bond acceptors (Lipinski definition) is 1. The molecule has 3 heteroatoms. The van der Waals surface area contributed by atoms with Crippen LogP contribution in [0.1, 0.15) is 18.1 Å². The highest BCUT2D eigenvalue weighted by molar-refractivity contribution is 6.30. The van der Waals surface area contributed by atoms with E-state index in [1.165, 1.54) is 22.0 Å². The van der Waals surface area contributed by atoms with Crippen LogP contribution in [-0.2, 0) is 13.0 Å². The number of halogens is 1. The fraction of sp³-hybridized carbons (Fsp3) is 0.222. The van der Waals surface area contributed by atoms with Gasteiger partial charge in [-0.25, -0.2) is 0 Å². The predicted octanol–water partition coefficient (Wildman–Crippen LogP) is 4.23. The quantitative estimate of drug-likeness (QED) is 0.767. The van der Waals surface area contributed by atoms with Crippen molar-refractivity contribution in [1.29, 1.82) is 0 Å². The predicted molar refractivity (Wildman–Crippen MR) is 89.8 cm³/mol. The third-order valence-corrected chi connectivity index (χ3v) is 3.96. The lowest BCUT2D eigenvalue weighted by molar-refractivity contribution is 0.741. The molecular weight excluding hydrogens is 280 g/mol. The van der Waals surface area contributed by atoms with Crippen LogP contribution in [0.5, 0.6) is 0 Å². The van der Waals surface area contributed by atoms with Crippen LogP contribution >= 0.6 is 11.6 Å². The number of aromatic nitrogens is 1. The van der Waals surface area contributed by atoms with E-state index in [0.29, 0.717) is 0 Å². The summed E-state index contributed by atoms with van der Waals surface area (Å²) in [7, 11) is 0. The summed E-state index contributed by atoms with van der Waals surface area (Å²) in [6.45, 7) is 2.89. The maximum atomic E-state index is 5.94. The van der Waals surface area contributed by atoms with Gasteiger partial charge in [0, 0.05) is 34.7 Å². The van der Waals surface area contributed by atoms with Crippen LogP contribution in [0.4, 0.5) is 0 Å². The Kier molecular flexibility index (Phi) is 4.00. The number of hydrogen-bond donors (Lipinski definition) is 1. The lowest BCUT2D eigenvalue weighted by atomic mass is 10.0. The van der Waals surface area contributed by atoms with Crippen LogP contribution in [-0.4, -0.2) is 10.6 Å². The Balaban J connectivity index is 1.95. The van der Waals surface area contributed by atoms with Gasteiger partial charge in [-0.3, -0.25) is 0 Å². The molecule has 1 aromatic heterocycles. The smallest absolute Gasteiger partial charge is 0.0486 e. The van der Waals surface area contributed by atoms with E-state index in [-0.39, 0.29) is 6.04 Å². The summed E-state index contributed by atoms with van der Waals surface area (Å²) in [6, 6.07) is 16.8. The van der Waals surface area contributed by atoms with Gasteiger partial charge in [0.2, 0.25) is 0 Å². The molecule has 0 bridgehead atoms. The van der Waals surface area contributed by atoms with Crippen molar-refractivity contribution in [3.05, 3.63) is 70.9 Å². The van der Waals surface area contributed by atoms with E-state index in [4.69, 9.17) is 17.3 Å². The van der Waals surface area contributed by atoms with E-state index in [1.54, 1.807) is 0 Å². The number of rotatable bonds is 4. The van der Waals surface area contributed by atoms with Crippen LogP contribution in [0.3, 0.4) is 0 Å². The fourth-order valence-electron chi connectivity index (χ4n) is 2.74. The summed E-state index contributed by atoms with van der Waals surface area (Å²) in [4.78, 5) is 0. The van der Waals surface area contributed by atoms with Crippen molar-refractivity contribution in [2.75, 3.05) is 0 Å². The van der Waals surface area contributed by atoms with E-state index >= 15 is 0 Å². The SMILES string of the molecule is CC(N)Cc1cccc2c1ccn2Cc1ccc(Cl)cc1. The van der Waals surface area contributed by atoms with Crippen molar-refractivity contribution in [2.45, 2.75) is 25.9 Å².